The Morgan fingerprint density at radius 3 is 2.35 bits per heavy atom. The molecular weight excluding hydrogens is 436 g/mol. The van der Waals surface area contributed by atoms with Crippen LogP contribution in [0.5, 0.6) is 5.75 Å². The third-order valence-corrected chi connectivity index (χ3v) is 6.66. The van der Waals surface area contributed by atoms with Crippen molar-refractivity contribution in [2.24, 2.45) is 0 Å². The molecule has 0 unspecified atom stereocenters. The molecule has 0 bridgehead atoms. The van der Waals surface area contributed by atoms with Gasteiger partial charge in [-0.05, 0) is 42.8 Å². The van der Waals surface area contributed by atoms with Gasteiger partial charge in [0, 0.05) is 11.6 Å². The van der Waals surface area contributed by atoms with Gasteiger partial charge >= 0.3 is 0 Å². The number of ether oxygens (including phenoxy) is 1. The van der Waals surface area contributed by atoms with Crippen molar-refractivity contribution >= 4 is 33.2 Å². The average Bonchev–Trinajstić information content (AvgIpc) is 2.75. The van der Waals surface area contributed by atoms with Crippen molar-refractivity contribution in [3.63, 3.8) is 0 Å². The fourth-order valence-electron chi connectivity index (χ4n) is 2.99. The number of aryl methyl sites for hydroxylation is 1. The van der Waals surface area contributed by atoms with E-state index in [9.17, 15) is 13.2 Å². The van der Waals surface area contributed by atoms with Gasteiger partial charge in [-0.15, -0.1) is 0 Å². The zero-order valence-electron chi connectivity index (χ0n) is 17.2. The largest absolute Gasteiger partial charge is 0.495 e. The maximum absolute atomic E-state index is 13.3. The Labute approximate surface area is 187 Å². The number of sulfonamides is 1. The van der Waals surface area contributed by atoms with Gasteiger partial charge in [-0.3, -0.25) is 4.79 Å². The summed E-state index contributed by atoms with van der Waals surface area (Å²) in [4.78, 5) is 12.9. The average molecular weight is 459 g/mol. The molecule has 6 nitrogen and oxygen atoms in total. The van der Waals surface area contributed by atoms with Gasteiger partial charge in [0.05, 0.1) is 24.2 Å². The lowest BCUT2D eigenvalue weighted by molar-refractivity contribution is -0.116. The molecule has 0 spiro atoms. The summed E-state index contributed by atoms with van der Waals surface area (Å²) in [5.74, 6) is -0.0825. The van der Waals surface area contributed by atoms with Crippen LogP contribution in [0.2, 0.25) is 5.02 Å². The van der Waals surface area contributed by atoms with Gasteiger partial charge in [-0.2, -0.15) is 4.31 Å². The minimum Gasteiger partial charge on any atom is -0.495 e. The highest BCUT2D eigenvalue weighted by molar-refractivity contribution is 7.89. The van der Waals surface area contributed by atoms with Crippen LogP contribution < -0.4 is 10.1 Å². The number of rotatable bonds is 8. The second-order valence-corrected chi connectivity index (χ2v) is 9.34. The van der Waals surface area contributed by atoms with Crippen molar-refractivity contribution in [1.29, 1.82) is 0 Å². The van der Waals surface area contributed by atoms with Crippen molar-refractivity contribution in [3.8, 4) is 5.75 Å². The molecule has 3 aromatic rings. The van der Waals surface area contributed by atoms with Gasteiger partial charge in [-0.1, -0.05) is 59.6 Å². The van der Waals surface area contributed by atoms with Gasteiger partial charge in [0.15, 0.2) is 0 Å². The highest BCUT2D eigenvalue weighted by atomic mass is 35.5. The van der Waals surface area contributed by atoms with E-state index in [0.717, 1.165) is 15.4 Å². The molecule has 1 amide bonds. The molecule has 0 aromatic heterocycles. The minimum atomic E-state index is -3.91. The van der Waals surface area contributed by atoms with Crippen LogP contribution in [0.4, 0.5) is 5.69 Å². The number of amides is 1. The molecule has 0 saturated heterocycles. The molecule has 0 fully saturated rings. The van der Waals surface area contributed by atoms with E-state index >= 15 is 0 Å². The van der Waals surface area contributed by atoms with Gasteiger partial charge in [0.1, 0.15) is 5.75 Å². The number of hydrogen-bond acceptors (Lipinski definition) is 4. The molecule has 0 aliphatic heterocycles. The summed E-state index contributed by atoms with van der Waals surface area (Å²) in [5.41, 5.74) is 2.21. The van der Waals surface area contributed by atoms with Crippen molar-refractivity contribution < 1.29 is 17.9 Å². The lowest BCUT2D eigenvalue weighted by Gasteiger charge is -2.22. The molecule has 162 valence electrons. The summed E-state index contributed by atoms with van der Waals surface area (Å²) in [6.07, 6.45) is 0. The number of halogens is 1. The topological polar surface area (TPSA) is 75.7 Å². The maximum Gasteiger partial charge on any atom is 0.243 e. The predicted molar refractivity (Wildman–Crippen MR) is 122 cm³/mol. The quantitative estimate of drug-likeness (QED) is 0.539. The van der Waals surface area contributed by atoms with Crippen LogP contribution in [-0.2, 0) is 21.4 Å². The number of nitrogens with zero attached hydrogens (tertiary/aromatic N) is 1. The normalized spacial score (nSPS) is 11.4. The number of carbonyl (C=O) groups excluding carboxylic acids is 1. The molecule has 8 heteroatoms. The Bertz CT molecular complexity index is 1150. The molecule has 0 aliphatic rings. The van der Waals surface area contributed by atoms with Gasteiger partial charge in [0.25, 0.3) is 0 Å². The van der Waals surface area contributed by atoms with Crippen LogP contribution in [0.1, 0.15) is 11.1 Å². The first-order chi connectivity index (χ1) is 14.8. The number of nitrogens with one attached hydrogen (secondary N) is 1. The molecule has 0 aliphatic carbocycles. The van der Waals surface area contributed by atoms with Crippen LogP contribution in [0, 0.1) is 6.92 Å². The van der Waals surface area contributed by atoms with Gasteiger partial charge in [0.2, 0.25) is 15.9 Å². The van der Waals surface area contributed by atoms with Gasteiger partial charge in [-0.25, -0.2) is 8.42 Å². The van der Waals surface area contributed by atoms with Crippen LogP contribution in [-0.4, -0.2) is 32.3 Å². The zero-order chi connectivity index (χ0) is 22.4. The van der Waals surface area contributed by atoms with Crippen molar-refractivity contribution in [2.45, 2.75) is 18.4 Å². The fraction of sp³-hybridized carbons (Fsp3) is 0.174. The number of methoxy groups -OCH3 is 1. The number of carbonyl (C=O) groups is 1. The molecular formula is C23H23ClN2O4S. The molecule has 31 heavy (non-hydrogen) atoms. The summed E-state index contributed by atoms with van der Waals surface area (Å²) in [6, 6.07) is 20.4. The van der Waals surface area contributed by atoms with E-state index in [1.54, 1.807) is 36.4 Å². The van der Waals surface area contributed by atoms with E-state index in [2.05, 4.69) is 5.32 Å². The summed E-state index contributed by atoms with van der Waals surface area (Å²) in [6.45, 7) is 1.63. The summed E-state index contributed by atoms with van der Waals surface area (Å²) in [5, 5.41) is 3.12. The summed E-state index contributed by atoms with van der Waals surface area (Å²) < 4.78 is 32.9. The first-order valence-electron chi connectivity index (χ1n) is 9.54. The molecule has 3 aromatic carbocycles. The second kappa shape index (κ2) is 9.96. The summed E-state index contributed by atoms with van der Waals surface area (Å²) >= 11 is 6.02. The highest BCUT2D eigenvalue weighted by Crippen LogP contribution is 2.28. The van der Waals surface area contributed by atoms with E-state index in [-0.39, 0.29) is 18.0 Å². The van der Waals surface area contributed by atoms with Crippen molar-refractivity contribution in [2.75, 3.05) is 19.0 Å². The second-order valence-electron chi connectivity index (χ2n) is 6.96. The summed E-state index contributed by atoms with van der Waals surface area (Å²) in [7, 11) is -2.43. The van der Waals surface area contributed by atoms with E-state index in [1.165, 1.54) is 19.2 Å². The Balaban J connectivity index is 1.88. The van der Waals surface area contributed by atoms with Gasteiger partial charge < -0.3 is 10.1 Å². The molecule has 0 heterocycles. The zero-order valence-corrected chi connectivity index (χ0v) is 18.8. The minimum absolute atomic E-state index is 0.0532. The fourth-order valence-corrected chi connectivity index (χ4v) is 4.57. The Kier molecular flexibility index (Phi) is 7.33. The van der Waals surface area contributed by atoms with E-state index in [0.29, 0.717) is 16.5 Å². The molecule has 0 radical (unpaired) electrons. The third kappa shape index (κ3) is 5.85. The first-order valence-corrected chi connectivity index (χ1v) is 11.4. The van der Waals surface area contributed by atoms with E-state index < -0.39 is 15.9 Å². The number of benzene rings is 3. The lowest BCUT2D eigenvalue weighted by atomic mass is 10.1. The monoisotopic (exact) mass is 458 g/mol. The Morgan fingerprint density at radius 1 is 1.03 bits per heavy atom. The van der Waals surface area contributed by atoms with Crippen LogP contribution >= 0.6 is 11.6 Å². The molecule has 0 saturated carbocycles. The van der Waals surface area contributed by atoms with Crippen LogP contribution in [0.3, 0.4) is 0 Å². The SMILES string of the molecule is COc1ccc(Cl)cc1NC(=O)CN(Cc1ccc(C)cc1)S(=O)(=O)c1ccccc1. The number of hydrogen-bond donors (Lipinski definition) is 1. The maximum atomic E-state index is 13.3. The van der Waals surface area contributed by atoms with Crippen molar-refractivity contribution in [1.82, 2.24) is 4.31 Å². The highest BCUT2D eigenvalue weighted by Gasteiger charge is 2.27. The van der Waals surface area contributed by atoms with E-state index in [4.69, 9.17) is 16.3 Å². The Morgan fingerprint density at radius 2 is 1.71 bits per heavy atom. The Hall–Kier alpha value is -2.87. The standard InChI is InChI=1S/C23H23ClN2O4S/c1-17-8-10-18(11-9-17)15-26(31(28,29)20-6-4-3-5-7-20)16-23(27)25-21-14-19(24)12-13-22(21)30-2/h3-14H,15-16H2,1-2H3,(H,25,27). The molecule has 0 atom stereocenters. The van der Waals surface area contributed by atoms with Crippen molar-refractivity contribution in [3.05, 3.63) is 88.9 Å². The van der Waals surface area contributed by atoms with Crippen LogP contribution in [0.25, 0.3) is 0 Å². The smallest absolute Gasteiger partial charge is 0.243 e. The predicted octanol–water partition coefficient (Wildman–Crippen LogP) is 4.49. The first kappa shape index (κ1) is 22.8. The molecule has 3 rings (SSSR count). The lowest BCUT2D eigenvalue weighted by Crippen LogP contribution is -2.37. The molecule has 1 N–H and O–H groups in total. The third-order valence-electron chi connectivity index (χ3n) is 4.62. The van der Waals surface area contributed by atoms with E-state index in [1.807, 2.05) is 31.2 Å². The van der Waals surface area contributed by atoms with Crippen LogP contribution in [0.15, 0.2) is 77.7 Å². The number of anilines is 1.